The van der Waals surface area contributed by atoms with Gasteiger partial charge in [-0.05, 0) is 18.9 Å². The molecule has 3 atom stereocenters. The quantitative estimate of drug-likeness (QED) is 0.806. The van der Waals surface area contributed by atoms with Gasteiger partial charge in [0.25, 0.3) is 0 Å². The smallest absolute Gasteiger partial charge is 0.475 e. The Morgan fingerprint density at radius 3 is 2.69 bits per heavy atom. The molecule has 7 nitrogen and oxygen atoms in total. The van der Waals surface area contributed by atoms with Crippen molar-refractivity contribution in [3.63, 3.8) is 0 Å². The maximum atomic E-state index is 10.6. The van der Waals surface area contributed by atoms with E-state index in [0.717, 1.165) is 31.9 Å². The summed E-state index contributed by atoms with van der Waals surface area (Å²) in [5, 5.41) is 7.12. The van der Waals surface area contributed by atoms with Crippen LogP contribution in [0.1, 0.15) is 12.8 Å². The molecule has 0 bridgehead atoms. The van der Waals surface area contributed by atoms with Gasteiger partial charge in [-0.1, -0.05) is 6.08 Å². The third kappa shape index (κ3) is 5.15. The van der Waals surface area contributed by atoms with Crippen molar-refractivity contribution in [3.05, 3.63) is 31.1 Å². The zero-order chi connectivity index (χ0) is 19.2. The number of carbonyl (C=O) groups is 1. The van der Waals surface area contributed by atoms with E-state index in [1.165, 1.54) is 0 Å². The molecule has 0 spiro atoms. The monoisotopic (exact) mass is 375 g/mol. The highest BCUT2D eigenvalue weighted by Gasteiger charge is 2.45. The number of fused-ring (bicyclic) bond motifs is 1. The Morgan fingerprint density at radius 1 is 1.46 bits per heavy atom. The minimum atomic E-state index is -5.08. The molecule has 3 heterocycles. The molecule has 0 radical (unpaired) electrons. The summed E-state index contributed by atoms with van der Waals surface area (Å²) >= 11 is 0. The van der Waals surface area contributed by atoms with E-state index in [4.69, 9.17) is 19.4 Å². The Bertz CT molecular complexity index is 600. The van der Waals surface area contributed by atoms with Crippen molar-refractivity contribution in [2.24, 2.45) is 0 Å². The first-order valence-corrected chi connectivity index (χ1v) is 8.02. The highest BCUT2D eigenvalue weighted by Crippen LogP contribution is 2.32. The van der Waals surface area contributed by atoms with Crippen LogP contribution >= 0.6 is 0 Å². The van der Waals surface area contributed by atoms with Gasteiger partial charge in [-0.25, -0.2) is 14.8 Å². The van der Waals surface area contributed by atoms with Crippen LogP contribution in [0, 0.1) is 0 Å². The van der Waals surface area contributed by atoms with E-state index in [-0.39, 0.29) is 12.2 Å². The predicted molar refractivity (Wildman–Crippen MR) is 85.8 cm³/mol. The number of halogens is 3. The Labute approximate surface area is 148 Å². The maximum absolute atomic E-state index is 10.6. The van der Waals surface area contributed by atoms with Crippen molar-refractivity contribution in [1.82, 2.24) is 9.97 Å². The van der Waals surface area contributed by atoms with E-state index in [1.807, 2.05) is 6.07 Å². The molecule has 2 saturated heterocycles. The lowest BCUT2D eigenvalue weighted by atomic mass is 10.0. The first kappa shape index (κ1) is 20.1. The van der Waals surface area contributed by atoms with Gasteiger partial charge in [0.2, 0.25) is 5.95 Å². The van der Waals surface area contributed by atoms with Gasteiger partial charge in [-0.3, -0.25) is 0 Å². The number of hydrogen-bond acceptors (Lipinski definition) is 6. The lowest BCUT2D eigenvalue weighted by Crippen LogP contribution is -2.42. The molecule has 144 valence electrons. The fourth-order valence-corrected chi connectivity index (χ4v) is 2.92. The molecule has 2 aliphatic rings. The molecule has 2 aliphatic heterocycles. The minimum Gasteiger partial charge on any atom is -0.475 e. The standard InChI is InChI=1S/C14H19N3O2.C2HF3O2/c1-2-8-18-12-10-17(14-15-6-4-7-16-14)11-5-3-9-19-13(11)12;3-2(4,5)1(6)7/h2,4,6-7,11-13H,1,3,5,8-10H2;(H,6,7)/t11-,12+,13+;/m1./s1. The molecule has 1 aromatic heterocycles. The van der Waals surface area contributed by atoms with Gasteiger partial charge in [0, 0.05) is 19.0 Å². The van der Waals surface area contributed by atoms with Crippen molar-refractivity contribution in [2.45, 2.75) is 37.3 Å². The number of hydrogen-bond donors (Lipinski definition) is 1. The summed E-state index contributed by atoms with van der Waals surface area (Å²) < 4.78 is 43.5. The zero-order valence-electron chi connectivity index (χ0n) is 13.9. The number of rotatable bonds is 4. The third-order valence-corrected chi connectivity index (χ3v) is 3.96. The summed E-state index contributed by atoms with van der Waals surface area (Å²) in [5.41, 5.74) is 0. The fraction of sp³-hybridized carbons (Fsp3) is 0.562. The number of ether oxygens (including phenoxy) is 2. The summed E-state index contributed by atoms with van der Waals surface area (Å²) in [6.07, 6.45) is 2.64. The van der Waals surface area contributed by atoms with E-state index in [0.29, 0.717) is 12.6 Å². The Balaban J connectivity index is 0.000000298. The molecule has 3 rings (SSSR count). The summed E-state index contributed by atoms with van der Waals surface area (Å²) in [6, 6.07) is 2.16. The molecule has 26 heavy (non-hydrogen) atoms. The van der Waals surface area contributed by atoms with Gasteiger partial charge in [-0.2, -0.15) is 13.2 Å². The molecule has 1 N–H and O–H groups in total. The minimum absolute atomic E-state index is 0.0760. The fourth-order valence-electron chi connectivity index (χ4n) is 2.92. The molecule has 0 unspecified atom stereocenters. The number of nitrogens with zero attached hydrogens (tertiary/aromatic N) is 3. The van der Waals surface area contributed by atoms with Crippen LogP contribution in [0.4, 0.5) is 19.1 Å². The number of carboxylic acids is 1. The van der Waals surface area contributed by atoms with E-state index in [1.54, 1.807) is 18.5 Å². The van der Waals surface area contributed by atoms with Gasteiger partial charge < -0.3 is 19.5 Å². The van der Waals surface area contributed by atoms with Crippen molar-refractivity contribution in [3.8, 4) is 0 Å². The molecule has 2 fully saturated rings. The maximum Gasteiger partial charge on any atom is 0.490 e. The highest BCUT2D eigenvalue weighted by atomic mass is 19.4. The molecule has 0 saturated carbocycles. The zero-order valence-corrected chi connectivity index (χ0v) is 13.9. The number of alkyl halides is 3. The second-order valence-corrected chi connectivity index (χ2v) is 5.71. The third-order valence-electron chi connectivity index (χ3n) is 3.96. The Morgan fingerprint density at radius 2 is 2.12 bits per heavy atom. The molecule has 10 heteroatoms. The second-order valence-electron chi connectivity index (χ2n) is 5.71. The molecule has 0 aromatic carbocycles. The largest absolute Gasteiger partial charge is 0.490 e. The molecule has 1 aromatic rings. The van der Waals surface area contributed by atoms with Crippen LogP contribution in [0.15, 0.2) is 31.1 Å². The van der Waals surface area contributed by atoms with Crippen molar-refractivity contribution in [2.75, 3.05) is 24.7 Å². The Hall–Kier alpha value is -2.20. The molecular weight excluding hydrogens is 355 g/mol. The molecular formula is C16H20F3N3O4. The van der Waals surface area contributed by atoms with Gasteiger partial charge in [0.1, 0.15) is 12.2 Å². The average molecular weight is 375 g/mol. The topological polar surface area (TPSA) is 84.8 Å². The second kappa shape index (κ2) is 8.95. The predicted octanol–water partition coefficient (Wildman–Crippen LogP) is 2.05. The van der Waals surface area contributed by atoms with E-state index in [2.05, 4.69) is 21.4 Å². The molecule has 0 aliphatic carbocycles. The van der Waals surface area contributed by atoms with Crippen molar-refractivity contribution >= 4 is 11.9 Å². The molecule has 0 amide bonds. The van der Waals surface area contributed by atoms with Crippen LogP contribution in [0.2, 0.25) is 0 Å². The highest BCUT2D eigenvalue weighted by molar-refractivity contribution is 5.73. The number of aliphatic carboxylic acids is 1. The van der Waals surface area contributed by atoms with Gasteiger partial charge in [0.15, 0.2) is 0 Å². The van der Waals surface area contributed by atoms with Crippen LogP contribution in [0.25, 0.3) is 0 Å². The lowest BCUT2D eigenvalue weighted by molar-refractivity contribution is -0.192. The van der Waals surface area contributed by atoms with Crippen LogP contribution in [0.3, 0.4) is 0 Å². The number of anilines is 1. The summed E-state index contributed by atoms with van der Waals surface area (Å²) in [6.45, 7) is 5.86. The Kier molecular flexibility index (Phi) is 6.92. The normalized spacial score (nSPS) is 25.0. The first-order valence-electron chi connectivity index (χ1n) is 8.02. The van der Waals surface area contributed by atoms with E-state index < -0.39 is 12.1 Å². The summed E-state index contributed by atoms with van der Waals surface area (Å²) in [4.78, 5) is 19.8. The van der Waals surface area contributed by atoms with Gasteiger partial charge >= 0.3 is 12.1 Å². The number of carboxylic acid groups (broad SMARTS) is 1. The van der Waals surface area contributed by atoms with Crippen LogP contribution < -0.4 is 4.90 Å². The van der Waals surface area contributed by atoms with Crippen LogP contribution in [-0.2, 0) is 14.3 Å². The lowest BCUT2D eigenvalue weighted by Gasteiger charge is -2.31. The summed E-state index contributed by atoms with van der Waals surface area (Å²) in [5.74, 6) is -1.99. The number of aromatic nitrogens is 2. The van der Waals surface area contributed by atoms with Gasteiger partial charge in [0.05, 0.1) is 19.2 Å². The average Bonchev–Trinajstić information content (AvgIpc) is 2.99. The van der Waals surface area contributed by atoms with Crippen molar-refractivity contribution < 1.29 is 32.5 Å². The summed E-state index contributed by atoms with van der Waals surface area (Å²) in [7, 11) is 0. The van der Waals surface area contributed by atoms with Crippen LogP contribution in [0.5, 0.6) is 0 Å². The van der Waals surface area contributed by atoms with Gasteiger partial charge in [-0.15, -0.1) is 6.58 Å². The SMILES string of the molecule is C=CCO[C@H]1CN(c2ncccn2)[C@@H]2CCCO[C@H]12.O=C(O)C(F)(F)F. The van der Waals surface area contributed by atoms with Crippen LogP contribution in [-0.4, -0.2) is 65.2 Å². The van der Waals surface area contributed by atoms with E-state index >= 15 is 0 Å². The first-order chi connectivity index (χ1) is 12.3. The van der Waals surface area contributed by atoms with E-state index in [9.17, 15) is 13.2 Å². The van der Waals surface area contributed by atoms with Crippen molar-refractivity contribution in [1.29, 1.82) is 0 Å².